The van der Waals surface area contributed by atoms with Gasteiger partial charge in [0.2, 0.25) is 0 Å². The number of aliphatic hydroxyl groups is 1. The van der Waals surface area contributed by atoms with Gasteiger partial charge in [-0.15, -0.1) is 0 Å². The summed E-state index contributed by atoms with van der Waals surface area (Å²) >= 11 is 0. The first-order valence-corrected chi connectivity index (χ1v) is 4.77. The second-order valence-electron chi connectivity index (χ2n) is 4.64. The molecule has 0 spiro atoms. The molecule has 2 rings (SSSR count). The van der Waals surface area contributed by atoms with E-state index in [1.807, 2.05) is 13.0 Å². The molecule has 1 heterocycles. The third-order valence-electron chi connectivity index (χ3n) is 3.43. The van der Waals surface area contributed by atoms with Gasteiger partial charge in [-0.25, -0.2) is 0 Å². The van der Waals surface area contributed by atoms with Gasteiger partial charge in [-0.1, -0.05) is 6.92 Å². The summed E-state index contributed by atoms with van der Waals surface area (Å²) in [5.41, 5.74) is 0.624. The van der Waals surface area contributed by atoms with Crippen molar-refractivity contribution < 1.29 is 9.52 Å². The Morgan fingerprint density at radius 3 is 2.77 bits per heavy atom. The normalized spacial score (nSPS) is 23.9. The Morgan fingerprint density at radius 2 is 2.31 bits per heavy atom. The van der Waals surface area contributed by atoms with Gasteiger partial charge in [0.05, 0.1) is 18.1 Å². The Kier molecular flexibility index (Phi) is 1.77. The summed E-state index contributed by atoms with van der Waals surface area (Å²) in [7, 11) is 0. The Hall–Kier alpha value is -0.760. The van der Waals surface area contributed by atoms with Crippen LogP contribution in [0, 0.1) is 5.41 Å². The van der Waals surface area contributed by atoms with Gasteiger partial charge in [0, 0.05) is 6.42 Å². The van der Waals surface area contributed by atoms with Gasteiger partial charge in [0.15, 0.2) is 0 Å². The topological polar surface area (TPSA) is 33.4 Å². The maximum absolute atomic E-state index is 10.2. The molecule has 0 aromatic carbocycles. The molecule has 72 valence electrons. The molecule has 0 saturated heterocycles. The summed E-state index contributed by atoms with van der Waals surface area (Å²) in [4.78, 5) is 0. The van der Waals surface area contributed by atoms with Crippen molar-refractivity contribution in [1.82, 2.24) is 0 Å². The highest BCUT2D eigenvalue weighted by atomic mass is 16.3. The second-order valence-corrected chi connectivity index (χ2v) is 4.64. The van der Waals surface area contributed by atoms with E-state index in [1.54, 1.807) is 12.5 Å². The molecule has 0 aliphatic heterocycles. The first-order valence-electron chi connectivity index (χ1n) is 4.77. The molecule has 0 amide bonds. The predicted molar refractivity (Wildman–Crippen MR) is 50.4 cm³/mol. The zero-order chi connectivity index (χ0) is 9.53. The smallest absolute Gasteiger partial charge is 0.0935 e. The van der Waals surface area contributed by atoms with Gasteiger partial charge >= 0.3 is 0 Å². The quantitative estimate of drug-likeness (QED) is 0.774. The van der Waals surface area contributed by atoms with Crippen LogP contribution in [-0.4, -0.2) is 10.7 Å². The second kappa shape index (κ2) is 2.61. The summed E-state index contributed by atoms with van der Waals surface area (Å²) in [6, 6.07) is 1.92. The van der Waals surface area contributed by atoms with Crippen molar-refractivity contribution in [2.75, 3.05) is 0 Å². The summed E-state index contributed by atoms with van der Waals surface area (Å²) in [5.74, 6) is 0. The van der Waals surface area contributed by atoms with E-state index < -0.39 is 5.60 Å². The predicted octanol–water partition coefficient (Wildman–Crippen LogP) is 2.37. The SMILES string of the molecule is CC(O)(Cc1ccoc1)C1(C)CC1. The molecule has 1 aliphatic rings. The van der Waals surface area contributed by atoms with Gasteiger partial charge in [-0.3, -0.25) is 0 Å². The molecule has 1 unspecified atom stereocenters. The Bertz CT molecular complexity index is 281. The van der Waals surface area contributed by atoms with E-state index >= 15 is 0 Å². The van der Waals surface area contributed by atoms with E-state index in [-0.39, 0.29) is 5.41 Å². The molecule has 1 N–H and O–H groups in total. The van der Waals surface area contributed by atoms with Crippen LogP contribution in [0.2, 0.25) is 0 Å². The summed E-state index contributed by atoms with van der Waals surface area (Å²) in [6.45, 7) is 4.07. The minimum atomic E-state index is -0.586. The van der Waals surface area contributed by atoms with Crippen molar-refractivity contribution in [3.63, 3.8) is 0 Å². The van der Waals surface area contributed by atoms with Crippen molar-refractivity contribution in [2.45, 2.75) is 38.7 Å². The molecule has 1 aliphatic carbocycles. The third kappa shape index (κ3) is 1.51. The first kappa shape index (κ1) is 8.82. The van der Waals surface area contributed by atoms with Crippen LogP contribution in [0.15, 0.2) is 23.0 Å². The molecule has 1 fully saturated rings. The van der Waals surface area contributed by atoms with Crippen LogP contribution in [0.4, 0.5) is 0 Å². The summed E-state index contributed by atoms with van der Waals surface area (Å²) in [6.07, 6.45) is 6.33. The van der Waals surface area contributed by atoms with Crippen molar-refractivity contribution >= 4 is 0 Å². The van der Waals surface area contributed by atoms with Gasteiger partial charge in [-0.2, -0.15) is 0 Å². The number of furan rings is 1. The lowest BCUT2D eigenvalue weighted by Crippen LogP contribution is -2.36. The van der Waals surface area contributed by atoms with Crippen LogP contribution in [0.1, 0.15) is 32.3 Å². The van der Waals surface area contributed by atoms with Crippen LogP contribution in [0.3, 0.4) is 0 Å². The molecular formula is C11H16O2. The van der Waals surface area contributed by atoms with Gasteiger partial charge in [-0.05, 0) is 36.8 Å². The highest BCUT2D eigenvalue weighted by molar-refractivity contribution is 5.14. The van der Waals surface area contributed by atoms with Gasteiger partial charge in [0.1, 0.15) is 0 Å². The fourth-order valence-electron chi connectivity index (χ4n) is 1.73. The van der Waals surface area contributed by atoms with Crippen LogP contribution < -0.4 is 0 Å². The monoisotopic (exact) mass is 180 g/mol. The molecule has 0 radical (unpaired) electrons. The van der Waals surface area contributed by atoms with Gasteiger partial charge in [0.25, 0.3) is 0 Å². The lowest BCUT2D eigenvalue weighted by atomic mass is 9.83. The van der Waals surface area contributed by atoms with Crippen LogP contribution in [-0.2, 0) is 6.42 Å². The van der Waals surface area contributed by atoms with Crippen LogP contribution in [0.25, 0.3) is 0 Å². The molecule has 1 aromatic heterocycles. The molecule has 0 bridgehead atoms. The third-order valence-corrected chi connectivity index (χ3v) is 3.43. The molecule has 2 nitrogen and oxygen atoms in total. The fraction of sp³-hybridized carbons (Fsp3) is 0.636. The zero-order valence-electron chi connectivity index (χ0n) is 8.21. The maximum atomic E-state index is 10.2. The number of hydrogen-bond donors (Lipinski definition) is 1. The number of rotatable bonds is 3. The van der Waals surface area contributed by atoms with E-state index in [9.17, 15) is 5.11 Å². The Morgan fingerprint density at radius 1 is 1.62 bits per heavy atom. The Labute approximate surface area is 78.6 Å². The molecule has 2 heteroatoms. The van der Waals surface area contributed by atoms with E-state index in [0.29, 0.717) is 6.42 Å². The zero-order valence-corrected chi connectivity index (χ0v) is 8.21. The largest absolute Gasteiger partial charge is 0.472 e. The molecule has 1 saturated carbocycles. The van der Waals surface area contributed by atoms with E-state index in [0.717, 1.165) is 18.4 Å². The van der Waals surface area contributed by atoms with Crippen LogP contribution in [0.5, 0.6) is 0 Å². The van der Waals surface area contributed by atoms with Gasteiger partial charge < -0.3 is 9.52 Å². The minimum absolute atomic E-state index is 0.129. The lowest BCUT2D eigenvalue weighted by molar-refractivity contribution is -0.00712. The molecular weight excluding hydrogens is 164 g/mol. The molecule has 1 atom stereocenters. The maximum Gasteiger partial charge on any atom is 0.0935 e. The molecule has 13 heavy (non-hydrogen) atoms. The van der Waals surface area contributed by atoms with E-state index in [2.05, 4.69) is 6.92 Å². The van der Waals surface area contributed by atoms with Crippen molar-refractivity contribution in [3.8, 4) is 0 Å². The van der Waals surface area contributed by atoms with Crippen molar-refractivity contribution in [1.29, 1.82) is 0 Å². The van der Waals surface area contributed by atoms with E-state index in [4.69, 9.17) is 4.42 Å². The number of hydrogen-bond acceptors (Lipinski definition) is 2. The average Bonchev–Trinajstić information content (AvgIpc) is 2.63. The van der Waals surface area contributed by atoms with Crippen LogP contribution >= 0.6 is 0 Å². The average molecular weight is 180 g/mol. The standard InChI is InChI=1S/C11H16O2/c1-10(4-5-10)11(2,12)7-9-3-6-13-8-9/h3,6,8,12H,4-5,7H2,1-2H3. The first-order chi connectivity index (χ1) is 6.04. The highest BCUT2D eigenvalue weighted by Crippen LogP contribution is 2.54. The summed E-state index contributed by atoms with van der Waals surface area (Å²) < 4.78 is 4.98. The fourth-order valence-corrected chi connectivity index (χ4v) is 1.73. The van der Waals surface area contributed by atoms with E-state index in [1.165, 1.54) is 0 Å². The summed E-state index contributed by atoms with van der Waals surface area (Å²) in [5, 5.41) is 10.2. The Balaban J connectivity index is 2.09. The lowest BCUT2D eigenvalue weighted by Gasteiger charge is -2.30. The van der Waals surface area contributed by atoms with Crippen molar-refractivity contribution in [2.24, 2.45) is 5.41 Å². The minimum Gasteiger partial charge on any atom is -0.472 e. The molecule has 1 aromatic rings. The highest BCUT2D eigenvalue weighted by Gasteiger charge is 2.51. The van der Waals surface area contributed by atoms with Crippen molar-refractivity contribution in [3.05, 3.63) is 24.2 Å².